The molecule has 1 aliphatic carbocycles. The van der Waals surface area contributed by atoms with E-state index in [1.165, 1.54) is 94.2 Å². The van der Waals surface area contributed by atoms with Gasteiger partial charge in [-0.1, -0.05) is 111 Å². The van der Waals surface area contributed by atoms with Crippen LogP contribution in [-0.2, 0) is 53.3 Å². The third-order valence-electron chi connectivity index (χ3n) is 9.44. The van der Waals surface area contributed by atoms with Gasteiger partial charge in [-0.15, -0.1) is 16.7 Å². The molecule has 0 unspecified atom stereocenters. The molecular weight excluding hydrogens is 798 g/mol. The van der Waals surface area contributed by atoms with Gasteiger partial charge in [0.05, 0.1) is 0 Å². The van der Waals surface area contributed by atoms with E-state index in [0.29, 0.717) is 5.41 Å². The zero-order valence-electron chi connectivity index (χ0n) is 33.0. The molecule has 5 aromatic rings. The Balaban J connectivity index is 0.000000283. The van der Waals surface area contributed by atoms with Crippen LogP contribution >= 0.6 is 23.2 Å². The predicted molar refractivity (Wildman–Crippen MR) is 217 cm³/mol. The number of benzene rings is 4. The van der Waals surface area contributed by atoms with Crippen LogP contribution in [0.3, 0.4) is 0 Å². The summed E-state index contributed by atoms with van der Waals surface area (Å²) in [6.07, 6.45) is 2.18. The average Bonchev–Trinajstić information content (AvgIpc) is 3.65. The molecule has 0 heterocycles. The summed E-state index contributed by atoms with van der Waals surface area (Å²) in [6, 6.07) is 33.5. The number of fused-ring (bicyclic) bond motifs is 3. The Morgan fingerprint density at radius 2 is 1.17 bits per heavy atom. The summed E-state index contributed by atoms with van der Waals surface area (Å²) in [7, 11) is 0. The van der Waals surface area contributed by atoms with Crippen molar-refractivity contribution < 1.29 is 49.0 Å². The first-order valence-electron chi connectivity index (χ1n) is 17.8. The average molecular weight is 852 g/mol. The van der Waals surface area contributed by atoms with Crippen LogP contribution < -0.4 is 24.8 Å². The topological polar surface area (TPSA) is 0 Å². The Bertz CT molecular complexity index is 1830. The van der Waals surface area contributed by atoms with Gasteiger partial charge < -0.3 is 24.8 Å². The van der Waals surface area contributed by atoms with Gasteiger partial charge in [0.25, 0.3) is 0 Å². The summed E-state index contributed by atoms with van der Waals surface area (Å²) in [5.74, 6) is 0. The maximum Gasteiger partial charge on any atom is -1.00 e. The summed E-state index contributed by atoms with van der Waals surface area (Å²) in [6.45, 7) is 27.2. The molecular formula is C47H54Cl4Zr-2. The van der Waals surface area contributed by atoms with Gasteiger partial charge in [-0.25, -0.2) is 6.07 Å². The van der Waals surface area contributed by atoms with E-state index < -0.39 is 0 Å². The van der Waals surface area contributed by atoms with Crippen LogP contribution in [0.5, 0.6) is 0 Å². The largest absolute Gasteiger partial charge is 1.00 e. The van der Waals surface area contributed by atoms with Crippen LogP contribution in [0.1, 0.15) is 125 Å². The van der Waals surface area contributed by atoms with E-state index in [-0.39, 0.29) is 35.6 Å². The molecule has 0 aliphatic heterocycles. The Kier molecular flexibility index (Phi) is 16.6. The van der Waals surface area contributed by atoms with Crippen LogP contribution in [-0.4, -0.2) is 3.21 Å². The van der Waals surface area contributed by atoms with Gasteiger partial charge in [-0.3, -0.25) is 0 Å². The van der Waals surface area contributed by atoms with Gasteiger partial charge in [0.2, 0.25) is 0 Å². The third-order valence-corrected chi connectivity index (χ3v) is 11.4. The van der Waals surface area contributed by atoms with Gasteiger partial charge in [-0.05, 0) is 35.4 Å². The number of hydrogen-bond donors (Lipinski definition) is 0. The molecule has 0 radical (unpaired) electrons. The fourth-order valence-corrected chi connectivity index (χ4v) is 7.67. The first-order valence-corrected chi connectivity index (χ1v) is 19.7. The van der Waals surface area contributed by atoms with Crippen LogP contribution in [0.15, 0.2) is 84.9 Å². The standard InChI is InChI=1S/C23H29.C13H8Cl2.C11H17.2ClH.Zr/c1-14-9-16-11-17-10-15(2)21(23(6,7)8)13-19(17)18(16)12-20(14)22(3,4)5;14-12-5-1-10(2-6-12)9-11-3-7-13(15)8-4-11;1-5-9-6-7-10(8-9)11(2,3)4;;;/h9,12-13H,11H2,1-8H3;1-8H;6-8H,5H2,1-4H3;2*1H;/q-1;;-1;;;+2/p-2. The molecule has 5 aromatic carbocycles. The quantitative estimate of drug-likeness (QED) is 0.161. The number of hydrogen-bond acceptors (Lipinski definition) is 0. The first-order chi connectivity index (χ1) is 23.2. The molecule has 0 aromatic heterocycles. The summed E-state index contributed by atoms with van der Waals surface area (Å²) < 4.78 is 1.31. The maximum absolute atomic E-state index is 5.86. The zero-order valence-corrected chi connectivity index (χ0v) is 38.5. The second kappa shape index (κ2) is 18.7. The SMILES string of the molecule is CCc1cc(C(C)(C)C)c[cH-]1.Cc1[c-]c2c(cc1C(C)(C)C)-c1cc(C(C)(C)C)c(C)cc1C2.Clc1ccc([C](=[Zr+2])c2ccc(Cl)cc2)cc1.[Cl-].[Cl-]. The molecule has 6 rings (SSSR count). The van der Waals surface area contributed by atoms with Gasteiger partial charge in [-0.2, -0.15) is 41.0 Å². The van der Waals surface area contributed by atoms with E-state index in [1.807, 2.05) is 48.5 Å². The Hall–Kier alpha value is -1.86. The smallest absolute Gasteiger partial charge is 1.00 e. The Labute approximate surface area is 352 Å². The molecule has 5 heteroatoms. The second-order valence-corrected chi connectivity index (χ2v) is 18.8. The van der Waals surface area contributed by atoms with Gasteiger partial charge in [0, 0.05) is 0 Å². The number of rotatable bonds is 3. The van der Waals surface area contributed by atoms with Gasteiger partial charge in [0.1, 0.15) is 0 Å². The van der Waals surface area contributed by atoms with Crippen LogP contribution in [0.4, 0.5) is 0 Å². The van der Waals surface area contributed by atoms with Crippen molar-refractivity contribution in [3.05, 3.63) is 157 Å². The Morgan fingerprint density at radius 1 is 0.692 bits per heavy atom. The normalized spacial score (nSPS) is 11.8. The summed E-state index contributed by atoms with van der Waals surface area (Å²) in [5, 5.41) is 1.53. The summed E-state index contributed by atoms with van der Waals surface area (Å²) in [5.41, 5.74) is 17.3. The van der Waals surface area contributed by atoms with Crippen molar-refractivity contribution in [1.29, 1.82) is 0 Å². The van der Waals surface area contributed by atoms with Crippen molar-refractivity contribution in [2.45, 2.75) is 112 Å². The van der Waals surface area contributed by atoms with Gasteiger partial charge >= 0.3 is 120 Å². The van der Waals surface area contributed by atoms with E-state index in [4.69, 9.17) is 23.2 Å². The maximum atomic E-state index is 5.86. The van der Waals surface area contributed by atoms with Crippen LogP contribution in [0.2, 0.25) is 10.0 Å². The van der Waals surface area contributed by atoms with Gasteiger partial charge in [0.15, 0.2) is 0 Å². The minimum atomic E-state index is 0. The zero-order chi connectivity index (χ0) is 37.2. The molecule has 0 saturated heterocycles. The van der Waals surface area contributed by atoms with Crippen molar-refractivity contribution in [1.82, 2.24) is 0 Å². The van der Waals surface area contributed by atoms with Crippen molar-refractivity contribution in [3.63, 3.8) is 0 Å². The Morgan fingerprint density at radius 3 is 1.58 bits per heavy atom. The first kappa shape index (κ1) is 46.3. The molecule has 0 spiro atoms. The molecule has 0 atom stereocenters. The summed E-state index contributed by atoms with van der Waals surface area (Å²) >= 11 is 13.1. The molecule has 0 N–H and O–H groups in total. The minimum Gasteiger partial charge on any atom is -1.00 e. The van der Waals surface area contributed by atoms with E-state index >= 15 is 0 Å². The molecule has 0 amide bonds. The second-order valence-electron chi connectivity index (χ2n) is 16.7. The van der Waals surface area contributed by atoms with Crippen LogP contribution in [0, 0.1) is 19.9 Å². The molecule has 276 valence electrons. The van der Waals surface area contributed by atoms with E-state index in [1.54, 1.807) is 0 Å². The number of halogens is 4. The fraction of sp³-hybridized carbons (Fsp3) is 0.362. The monoisotopic (exact) mass is 848 g/mol. The molecule has 0 fully saturated rings. The minimum absolute atomic E-state index is 0. The molecule has 1 aliphatic rings. The van der Waals surface area contributed by atoms with Crippen molar-refractivity contribution in [2.75, 3.05) is 0 Å². The van der Waals surface area contributed by atoms with E-state index in [0.717, 1.165) is 22.9 Å². The van der Waals surface area contributed by atoms with E-state index in [2.05, 4.69) is 126 Å². The third kappa shape index (κ3) is 11.8. The number of aryl methyl sites for hydroxylation is 3. The van der Waals surface area contributed by atoms with Crippen molar-refractivity contribution in [2.24, 2.45) is 0 Å². The molecule has 0 saturated carbocycles. The van der Waals surface area contributed by atoms with Crippen LogP contribution in [0.25, 0.3) is 11.1 Å². The van der Waals surface area contributed by atoms with E-state index in [9.17, 15) is 0 Å². The molecule has 0 bridgehead atoms. The molecule has 0 nitrogen and oxygen atoms in total. The van der Waals surface area contributed by atoms with Crippen molar-refractivity contribution >= 4 is 26.4 Å². The van der Waals surface area contributed by atoms with Crippen molar-refractivity contribution in [3.8, 4) is 11.1 Å². The summed E-state index contributed by atoms with van der Waals surface area (Å²) in [4.78, 5) is 0. The molecule has 52 heavy (non-hydrogen) atoms. The predicted octanol–water partition coefficient (Wildman–Crippen LogP) is 7.65. The fourth-order valence-electron chi connectivity index (χ4n) is 6.60.